The van der Waals surface area contributed by atoms with Crippen molar-refractivity contribution in [2.75, 3.05) is 13.7 Å². The Morgan fingerprint density at radius 1 is 1.26 bits per heavy atom. The highest BCUT2D eigenvalue weighted by Crippen LogP contribution is 2.18. The van der Waals surface area contributed by atoms with E-state index in [4.69, 9.17) is 10.5 Å². The predicted octanol–water partition coefficient (Wildman–Crippen LogP) is 1.43. The number of fused-ring (bicyclic) bond motifs is 1. The molecule has 2 aromatic carbocycles. The van der Waals surface area contributed by atoms with Gasteiger partial charge < -0.3 is 15.8 Å². The highest BCUT2D eigenvalue weighted by Gasteiger charge is 2.12. The minimum absolute atomic E-state index is 0.199. The van der Waals surface area contributed by atoms with Crippen LogP contribution < -0.4 is 11.1 Å². The number of hydrogen-bond acceptors (Lipinski definition) is 3. The van der Waals surface area contributed by atoms with Gasteiger partial charge in [0.2, 0.25) is 5.91 Å². The monoisotopic (exact) mass is 258 g/mol. The van der Waals surface area contributed by atoms with Crippen LogP contribution in [0.25, 0.3) is 10.8 Å². The molecule has 0 saturated heterocycles. The fourth-order valence-corrected chi connectivity index (χ4v) is 2.02. The van der Waals surface area contributed by atoms with E-state index in [0.29, 0.717) is 6.54 Å². The van der Waals surface area contributed by atoms with Crippen LogP contribution in [0.1, 0.15) is 5.56 Å². The lowest BCUT2D eigenvalue weighted by atomic mass is 10.0. The maximum atomic E-state index is 11.7. The topological polar surface area (TPSA) is 64.3 Å². The van der Waals surface area contributed by atoms with E-state index in [1.165, 1.54) is 7.11 Å². The molecule has 2 aromatic rings. The normalized spacial score (nSPS) is 12.3. The van der Waals surface area contributed by atoms with Crippen LogP contribution >= 0.6 is 0 Å². The van der Waals surface area contributed by atoms with Gasteiger partial charge in [0.15, 0.2) is 0 Å². The molecule has 1 amide bonds. The molecule has 0 spiro atoms. The van der Waals surface area contributed by atoms with Crippen molar-refractivity contribution in [1.82, 2.24) is 5.32 Å². The van der Waals surface area contributed by atoms with Gasteiger partial charge in [0.25, 0.3) is 0 Å². The van der Waals surface area contributed by atoms with Crippen LogP contribution in [0, 0.1) is 0 Å². The zero-order valence-corrected chi connectivity index (χ0v) is 10.9. The molecule has 0 aliphatic carbocycles. The van der Waals surface area contributed by atoms with E-state index in [1.54, 1.807) is 0 Å². The Bertz CT molecular complexity index is 564. The molecular formula is C15H18N2O2. The van der Waals surface area contributed by atoms with E-state index in [9.17, 15) is 4.79 Å². The largest absolute Gasteiger partial charge is 0.383 e. The maximum Gasteiger partial charge on any atom is 0.239 e. The predicted molar refractivity (Wildman–Crippen MR) is 75.6 cm³/mol. The summed E-state index contributed by atoms with van der Waals surface area (Å²) in [6, 6.07) is 13.5. The van der Waals surface area contributed by atoms with Crippen LogP contribution in [0.3, 0.4) is 0 Å². The van der Waals surface area contributed by atoms with Gasteiger partial charge in [0, 0.05) is 13.7 Å². The van der Waals surface area contributed by atoms with Crippen molar-refractivity contribution in [2.45, 2.75) is 12.6 Å². The summed E-state index contributed by atoms with van der Waals surface area (Å²) < 4.78 is 4.86. The molecule has 4 nitrogen and oxygen atoms in total. The van der Waals surface area contributed by atoms with Crippen LogP contribution in [-0.2, 0) is 16.1 Å². The van der Waals surface area contributed by atoms with Crippen molar-refractivity contribution < 1.29 is 9.53 Å². The summed E-state index contributed by atoms with van der Waals surface area (Å²) in [6.45, 7) is 0.693. The first-order chi connectivity index (χ1) is 9.22. The lowest BCUT2D eigenvalue weighted by molar-refractivity contribution is -0.123. The minimum atomic E-state index is -0.625. The first kappa shape index (κ1) is 13.5. The standard InChI is InChI=1S/C15H18N2O2/c1-19-10-14(16)15(18)17-9-12-7-4-6-11-5-2-3-8-13(11)12/h2-8,14H,9-10,16H2,1H3,(H,17,18)/t14-/m0/s1. The summed E-state index contributed by atoms with van der Waals surface area (Å²) in [6.07, 6.45) is 0. The Labute approximate surface area is 112 Å². The van der Waals surface area contributed by atoms with Gasteiger partial charge in [0.1, 0.15) is 6.04 Å². The van der Waals surface area contributed by atoms with Gasteiger partial charge in [-0.3, -0.25) is 4.79 Å². The first-order valence-corrected chi connectivity index (χ1v) is 6.21. The van der Waals surface area contributed by atoms with Crippen LogP contribution in [0.15, 0.2) is 42.5 Å². The molecule has 1 atom stereocenters. The Morgan fingerprint density at radius 2 is 2.00 bits per heavy atom. The first-order valence-electron chi connectivity index (χ1n) is 6.21. The van der Waals surface area contributed by atoms with Crippen LogP contribution in [0.4, 0.5) is 0 Å². The van der Waals surface area contributed by atoms with Crippen LogP contribution in [0.2, 0.25) is 0 Å². The SMILES string of the molecule is COC[C@H](N)C(=O)NCc1cccc2ccccc12. The highest BCUT2D eigenvalue weighted by molar-refractivity contribution is 5.86. The summed E-state index contributed by atoms with van der Waals surface area (Å²) in [5, 5.41) is 5.14. The van der Waals surface area contributed by atoms with Crippen molar-refractivity contribution in [3.8, 4) is 0 Å². The number of methoxy groups -OCH3 is 1. The smallest absolute Gasteiger partial charge is 0.239 e. The zero-order chi connectivity index (χ0) is 13.7. The molecule has 0 fully saturated rings. The average Bonchev–Trinajstić information content (AvgIpc) is 2.45. The van der Waals surface area contributed by atoms with Crippen molar-refractivity contribution in [3.05, 3.63) is 48.0 Å². The van der Waals surface area contributed by atoms with E-state index in [1.807, 2.05) is 30.3 Å². The third-order valence-electron chi connectivity index (χ3n) is 3.02. The molecule has 0 unspecified atom stereocenters. The summed E-state index contributed by atoms with van der Waals surface area (Å²) >= 11 is 0. The molecule has 100 valence electrons. The molecule has 0 saturated carbocycles. The molecule has 19 heavy (non-hydrogen) atoms. The van der Waals surface area contributed by atoms with Crippen molar-refractivity contribution in [2.24, 2.45) is 5.73 Å². The number of carbonyl (C=O) groups is 1. The Morgan fingerprint density at radius 3 is 2.79 bits per heavy atom. The van der Waals surface area contributed by atoms with E-state index in [0.717, 1.165) is 16.3 Å². The molecule has 0 aromatic heterocycles. The summed E-state index contributed by atoms with van der Waals surface area (Å²) in [5.41, 5.74) is 6.75. The quantitative estimate of drug-likeness (QED) is 0.852. The summed E-state index contributed by atoms with van der Waals surface area (Å²) in [5.74, 6) is -0.199. The Balaban J connectivity index is 2.08. The number of ether oxygens (including phenoxy) is 1. The lowest BCUT2D eigenvalue weighted by Crippen LogP contribution is -2.43. The number of benzene rings is 2. The number of amides is 1. The average molecular weight is 258 g/mol. The van der Waals surface area contributed by atoms with Crippen LogP contribution in [0.5, 0.6) is 0 Å². The summed E-state index contributed by atoms with van der Waals surface area (Å²) in [7, 11) is 1.53. The number of carbonyl (C=O) groups excluding carboxylic acids is 1. The maximum absolute atomic E-state index is 11.7. The van der Waals surface area contributed by atoms with Crippen LogP contribution in [-0.4, -0.2) is 25.7 Å². The fraction of sp³-hybridized carbons (Fsp3) is 0.267. The van der Waals surface area contributed by atoms with Gasteiger partial charge in [-0.2, -0.15) is 0 Å². The molecule has 3 N–H and O–H groups in total. The van der Waals surface area contributed by atoms with Gasteiger partial charge in [-0.25, -0.2) is 0 Å². The van der Waals surface area contributed by atoms with Gasteiger partial charge in [-0.05, 0) is 16.3 Å². The second-order valence-electron chi connectivity index (χ2n) is 4.42. The van der Waals surface area contributed by atoms with Gasteiger partial charge in [-0.15, -0.1) is 0 Å². The number of nitrogens with two attached hydrogens (primary N) is 1. The second-order valence-corrected chi connectivity index (χ2v) is 4.42. The molecule has 2 rings (SSSR count). The zero-order valence-electron chi connectivity index (χ0n) is 10.9. The third-order valence-corrected chi connectivity index (χ3v) is 3.02. The van der Waals surface area contributed by atoms with E-state index in [2.05, 4.69) is 17.4 Å². The molecule has 0 aliphatic heterocycles. The minimum Gasteiger partial charge on any atom is -0.383 e. The van der Waals surface area contributed by atoms with Crippen molar-refractivity contribution in [3.63, 3.8) is 0 Å². The van der Waals surface area contributed by atoms with Gasteiger partial charge in [-0.1, -0.05) is 42.5 Å². The summed E-state index contributed by atoms with van der Waals surface area (Å²) in [4.78, 5) is 11.7. The van der Waals surface area contributed by atoms with Gasteiger partial charge in [0.05, 0.1) is 6.61 Å². The lowest BCUT2D eigenvalue weighted by Gasteiger charge is -2.12. The molecule has 0 bridgehead atoms. The third kappa shape index (κ3) is 3.30. The molecule has 0 radical (unpaired) electrons. The van der Waals surface area contributed by atoms with E-state index in [-0.39, 0.29) is 12.5 Å². The molecular weight excluding hydrogens is 240 g/mol. The highest BCUT2D eigenvalue weighted by atomic mass is 16.5. The number of nitrogens with one attached hydrogen (secondary N) is 1. The molecule has 4 heteroatoms. The Kier molecular flexibility index (Phi) is 4.49. The fourth-order valence-electron chi connectivity index (χ4n) is 2.02. The van der Waals surface area contributed by atoms with Crippen molar-refractivity contribution in [1.29, 1.82) is 0 Å². The number of hydrogen-bond donors (Lipinski definition) is 2. The van der Waals surface area contributed by atoms with Gasteiger partial charge >= 0.3 is 0 Å². The van der Waals surface area contributed by atoms with Crippen molar-refractivity contribution >= 4 is 16.7 Å². The number of rotatable bonds is 5. The van der Waals surface area contributed by atoms with E-state index < -0.39 is 6.04 Å². The molecule has 0 aliphatic rings. The Hall–Kier alpha value is -1.91. The second kappa shape index (κ2) is 6.31. The molecule has 0 heterocycles. The van der Waals surface area contributed by atoms with E-state index >= 15 is 0 Å².